The topological polar surface area (TPSA) is 150 Å². The van der Waals surface area contributed by atoms with E-state index in [9.17, 15) is 37.0 Å². The summed E-state index contributed by atoms with van der Waals surface area (Å²) >= 11 is 0. The Kier molecular flexibility index (Phi) is 13.6. The van der Waals surface area contributed by atoms with Crippen molar-refractivity contribution in [2.75, 3.05) is 20.3 Å². The van der Waals surface area contributed by atoms with Crippen molar-refractivity contribution >= 4 is 22.0 Å². The highest BCUT2D eigenvalue weighted by atomic mass is 32.2. The summed E-state index contributed by atoms with van der Waals surface area (Å²) in [7, 11) is -2.86. The third-order valence-electron chi connectivity index (χ3n) is 9.12. The molecule has 0 unspecified atom stereocenters. The average molecular weight is 716 g/mol. The smallest absolute Gasteiger partial charge is 0.416 e. The largest absolute Gasteiger partial charge is 0.452 e. The summed E-state index contributed by atoms with van der Waals surface area (Å²) in [5.74, 6) is -2.64. The molecule has 3 aromatic rings. The van der Waals surface area contributed by atoms with Gasteiger partial charge in [0.25, 0.3) is 0 Å². The Morgan fingerprint density at radius 1 is 0.900 bits per heavy atom. The number of amides is 2. The van der Waals surface area contributed by atoms with Gasteiger partial charge in [0.05, 0.1) is 31.3 Å². The lowest BCUT2D eigenvalue weighted by atomic mass is 9.84. The fourth-order valence-corrected chi connectivity index (χ4v) is 8.20. The summed E-state index contributed by atoms with van der Waals surface area (Å²) in [5.41, 5.74) is 8.21. The molecule has 1 fully saturated rings. The summed E-state index contributed by atoms with van der Waals surface area (Å²) in [6, 6.07) is 14.1. The monoisotopic (exact) mass is 715 g/mol. The molecule has 2 amide bonds. The fourth-order valence-electron chi connectivity index (χ4n) is 6.39. The van der Waals surface area contributed by atoms with Gasteiger partial charge in [-0.3, -0.25) is 4.79 Å². The fraction of sp³-hybridized carbons (Fsp3) is 0.459. The Morgan fingerprint density at radius 2 is 1.44 bits per heavy atom. The van der Waals surface area contributed by atoms with Gasteiger partial charge in [-0.2, -0.15) is 4.31 Å². The lowest BCUT2D eigenvalue weighted by Crippen LogP contribution is -2.54. The highest BCUT2D eigenvalue weighted by molar-refractivity contribution is 7.89. The van der Waals surface area contributed by atoms with Crippen LogP contribution in [0, 0.1) is 23.5 Å². The van der Waals surface area contributed by atoms with E-state index in [2.05, 4.69) is 0 Å². The second kappa shape index (κ2) is 17.5. The molecule has 4 N–H and O–H groups in total. The molecule has 3 atom stereocenters. The molecule has 272 valence electrons. The molecule has 50 heavy (non-hydrogen) atoms. The van der Waals surface area contributed by atoms with Crippen LogP contribution in [0.25, 0.3) is 0 Å². The Labute approximate surface area is 292 Å². The number of carbonyl (C=O) groups excluding carboxylic acids is 2. The normalized spacial score (nSPS) is 15.3. The predicted molar refractivity (Wildman–Crippen MR) is 184 cm³/mol. The van der Waals surface area contributed by atoms with E-state index >= 15 is 0 Å². The molecule has 13 heteroatoms. The molecule has 1 aliphatic rings. The van der Waals surface area contributed by atoms with Gasteiger partial charge in [-0.05, 0) is 97.0 Å². The van der Waals surface area contributed by atoms with Gasteiger partial charge < -0.3 is 20.7 Å². The maximum Gasteiger partial charge on any atom is 0.416 e. The van der Waals surface area contributed by atoms with Crippen molar-refractivity contribution in [3.8, 4) is 0 Å². The van der Waals surface area contributed by atoms with E-state index in [1.54, 1.807) is 0 Å². The number of hydrogen-bond acceptors (Lipinski definition) is 8. The minimum absolute atomic E-state index is 0.0338. The summed E-state index contributed by atoms with van der Waals surface area (Å²) in [4.78, 5) is 28.7. The number of nitrogens with two attached hydrogens (primary N) is 1. The Morgan fingerprint density at radius 3 is 1.88 bits per heavy atom. The van der Waals surface area contributed by atoms with Gasteiger partial charge in [0.15, 0.2) is 0 Å². The van der Waals surface area contributed by atoms with Crippen molar-refractivity contribution in [2.45, 2.75) is 81.5 Å². The van der Waals surface area contributed by atoms with Gasteiger partial charge in [0, 0.05) is 24.5 Å². The molecule has 0 aromatic heterocycles. The van der Waals surface area contributed by atoms with E-state index in [1.807, 2.05) is 13.8 Å². The second-order valence-corrected chi connectivity index (χ2v) is 15.1. The average Bonchev–Trinajstić information content (AvgIpc) is 3.95. The number of rotatable bonds is 17. The Balaban J connectivity index is 1.59. The van der Waals surface area contributed by atoms with Crippen LogP contribution >= 0.6 is 0 Å². The first-order chi connectivity index (χ1) is 23.8. The molecule has 0 heterocycles. The molecule has 0 saturated heterocycles. The molecule has 0 bridgehead atoms. The van der Waals surface area contributed by atoms with Crippen LogP contribution in [0.2, 0.25) is 0 Å². The van der Waals surface area contributed by atoms with Crippen molar-refractivity contribution in [1.82, 2.24) is 9.21 Å². The molecule has 0 radical (unpaired) electrons. The summed E-state index contributed by atoms with van der Waals surface area (Å²) < 4.78 is 61.7. The number of hydrogen-bond donors (Lipinski definition) is 3. The first-order valence-corrected chi connectivity index (χ1v) is 18.3. The number of methoxy groups -OCH3 is 1. The van der Waals surface area contributed by atoms with Crippen molar-refractivity contribution in [3.63, 3.8) is 0 Å². The van der Waals surface area contributed by atoms with Crippen LogP contribution in [0.1, 0.15) is 68.6 Å². The zero-order valence-corrected chi connectivity index (χ0v) is 29.4. The van der Waals surface area contributed by atoms with Crippen LogP contribution in [0.5, 0.6) is 0 Å². The molecule has 3 aromatic carbocycles. The van der Waals surface area contributed by atoms with Gasteiger partial charge in [-0.1, -0.05) is 50.2 Å². The molecule has 10 nitrogen and oxygen atoms in total. The molecule has 0 spiro atoms. The summed E-state index contributed by atoms with van der Waals surface area (Å²) in [6.07, 6.45) is 1.50. The molecule has 4 rings (SSSR count). The minimum atomic E-state index is -4.02. The van der Waals surface area contributed by atoms with Crippen LogP contribution in [-0.2, 0) is 26.2 Å². The SMILES string of the molecule is COC(=O)N(C(=O)[C@@H](N)C(c1ccc(F)cc1)c1ccc(F)cc1)[C@H](CCC[C@@H](CO)N(CC(C)C)S(=O)(=O)c1ccc(CO)cc1)C1CC1. The number of sulfonamides is 1. The van der Waals surface area contributed by atoms with Crippen molar-refractivity contribution in [3.05, 3.63) is 101 Å². The minimum Gasteiger partial charge on any atom is -0.452 e. The van der Waals surface area contributed by atoms with Crippen molar-refractivity contribution in [2.24, 2.45) is 17.6 Å². The van der Waals surface area contributed by atoms with E-state index in [4.69, 9.17) is 10.5 Å². The van der Waals surface area contributed by atoms with E-state index < -0.39 is 64.3 Å². The second-order valence-electron chi connectivity index (χ2n) is 13.2. The number of carbonyl (C=O) groups is 2. The quantitative estimate of drug-likeness (QED) is 0.173. The highest BCUT2D eigenvalue weighted by Gasteiger charge is 2.44. The Hall–Kier alpha value is -3.75. The third-order valence-corrected chi connectivity index (χ3v) is 11.1. The van der Waals surface area contributed by atoms with Gasteiger partial charge in [0.2, 0.25) is 15.9 Å². The lowest BCUT2D eigenvalue weighted by molar-refractivity contribution is -0.133. The van der Waals surface area contributed by atoms with Crippen LogP contribution in [-0.4, -0.2) is 78.2 Å². The van der Waals surface area contributed by atoms with Crippen LogP contribution in [0.15, 0.2) is 77.7 Å². The highest BCUT2D eigenvalue weighted by Crippen LogP contribution is 2.39. The molecular weight excluding hydrogens is 668 g/mol. The van der Waals surface area contributed by atoms with Crippen LogP contribution in [0.3, 0.4) is 0 Å². The number of aliphatic hydroxyl groups excluding tert-OH is 2. The van der Waals surface area contributed by atoms with Crippen molar-refractivity contribution < 1.29 is 41.7 Å². The number of benzene rings is 3. The first-order valence-electron chi connectivity index (χ1n) is 16.8. The molecule has 1 saturated carbocycles. The van der Waals surface area contributed by atoms with Gasteiger partial charge in [0.1, 0.15) is 11.6 Å². The van der Waals surface area contributed by atoms with Gasteiger partial charge in [-0.15, -0.1) is 0 Å². The third kappa shape index (κ3) is 9.52. The van der Waals surface area contributed by atoms with E-state index in [-0.39, 0.29) is 36.3 Å². The number of nitrogens with zero attached hydrogens (tertiary/aromatic N) is 2. The number of ether oxygens (including phenoxy) is 1. The predicted octanol–water partition coefficient (Wildman–Crippen LogP) is 5.17. The summed E-state index contributed by atoms with van der Waals surface area (Å²) in [6.45, 7) is 3.23. The Bertz CT molecular complexity index is 1620. The van der Waals surface area contributed by atoms with Gasteiger partial charge >= 0.3 is 6.09 Å². The maximum atomic E-state index is 14.3. The zero-order valence-electron chi connectivity index (χ0n) is 28.6. The number of aliphatic hydroxyl groups is 2. The zero-order chi connectivity index (χ0) is 36.6. The standard InChI is InChI=1S/C37H47F2N3O7S/c1-24(2)21-41(50(47,48)32-19-7-25(22-43)8-20-32)31(23-44)5-4-6-33(26-9-10-26)42(37(46)49-3)36(45)35(40)34(27-11-15-29(38)16-12-27)28-13-17-30(39)18-14-28/h7-8,11-20,24,26,31,33-35,43-44H,4-6,9-10,21-23,40H2,1-3H3/t31-,33+,35-/m0/s1. The molecular formula is C37H47F2N3O7S. The van der Waals surface area contributed by atoms with Gasteiger partial charge in [-0.25, -0.2) is 26.9 Å². The molecule has 0 aliphatic heterocycles. The first kappa shape index (κ1) is 39.0. The van der Waals surface area contributed by atoms with E-state index in [0.29, 0.717) is 29.5 Å². The molecule has 1 aliphatic carbocycles. The summed E-state index contributed by atoms with van der Waals surface area (Å²) in [5, 5.41) is 19.9. The van der Waals surface area contributed by atoms with Crippen molar-refractivity contribution in [1.29, 1.82) is 0 Å². The number of imide groups is 1. The lowest BCUT2D eigenvalue weighted by Gasteiger charge is -2.35. The maximum absolute atomic E-state index is 14.3. The van der Waals surface area contributed by atoms with Crippen LogP contribution < -0.4 is 5.73 Å². The van der Waals surface area contributed by atoms with E-state index in [1.165, 1.54) is 84.2 Å². The van der Waals surface area contributed by atoms with E-state index in [0.717, 1.165) is 17.7 Å². The van der Waals surface area contributed by atoms with Crippen LogP contribution in [0.4, 0.5) is 13.6 Å². The number of halogens is 2.